The first-order valence-corrected chi connectivity index (χ1v) is 25.2. The summed E-state index contributed by atoms with van der Waals surface area (Å²) in [5.74, 6) is 2.75. The van der Waals surface area contributed by atoms with Crippen LogP contribution < -0.4 is 29.6 Å². The number of nitrogens with one attached hydrogen (secondary N) is 2. The molecule has 0 aromatic heterocycles. The predicted molar refractivity (Wildman–Crippen MR) is 274 cm³/mol. The number of rotatable bonds is 8. The summed E-state index contributed by atoms with van der Waals surface area (Å²) < 4.78 is 27.8. The summed E-state index contributed by atoms with van der Waals surface area (Å²) in [6.07, 6.45) is 6.50. The SMILES string of the molecule is CCCCOc1c2cc(C(C)(C)C)cc1Cc1cc(C(C)(C)C)cc3c1OCC(=O)NCCCNC(=O)COc1c(cc(C(C)(C)C)cc1Cc1cc(C(C)(C)C)cc(c1OCCCC)C3)C2. The van der Waals surface area contributed by atoms with Crippen molar-refractivity contribution in [2.45, 2.75) is 176 Å². The molecular formula is C59H82N2O6. The average Bonchev–Trinajstić information content (AvgIpc) is 3.22. The van der Waals surface area contributed by atoms with Crippen molar-refractivity contribution >= 4 is 11.8 Å². The number of fused-ring (bicyclic) bond motifs is 2. The first-order chi connectivity index (χ1) is 31.5. The van der Waals surface area contributed by atoms with Crippen molar-refractivity contribution in [3.05, 3.63) is 115 Å². The van der Waals surface area contributed by atoms with Crippen molar-refractivity contribution in [3.8, 4) is 23.0 Å². The van der Waals surface area contributed by atoms with E-state index in [-0.39, 0.29) is 46.7 Å². The number of ether oxygens (including phenoxy) is 4. The zero-order valence-electron chi connectivity index (χ0n) is 43.7. The van der Waals surface area contributed by atoms with Crippen molar-refractivity contribution in [2.75, 3.05) is 39.5 Å². The highest BCUT2D eigenvalue weighted by atomic mass is 16.5. The third kappa shape index (κ3) is 13.2. The number of benzene rings is 4. The molecule has 67 heavy (non-hydrogen) atoms. The fraction of sp³-hybridized carbons (Fsp3) is 0.559. The van der Waals surface area contributed by atoms with Gasteiger partial charge in [-0.2, -0.15) is 0 Å². The molecule has 4 aromatic carbocycles. The number of carbonyl (C=O) groups is 2. The van der Waals surface area contributed by atoms with E-state index in [1.807, 2.05) is 0 Å². The molecule has 8 heteroatoms. The van der Waals surface area contributed by atoms with Gasteiger partial charge in [-0.3, -0.25) is 9.59 Å². The van der Waals surface area contributed by atoms with Crippen LogP contribution in [0.4, 0.5) is 0 Å². The highest BCUT2D eigenvalue weighted by molar-refractivity contribution is 5.78. The van der Waals surface area contributed by atoms with Crippen LogP contribution in [0.1, 0.15) is 196 Å². The summed E-state index contributed by atoms with van der Waals surface area (Å²) in [6.45, 7) is 33.2. The first kappa shape index (κ1) is 51.4. The summed E-state index contributed by atoms with van der Waals surface area (Å²) in [5.41, 5.74) is 12.4. The molecule has 2 amide bonds. The van der Waals surface area contributed by atoms with E-state index in [9.17, 15) is 9.59 Å². The maximum Gasteiger partial charge on any atom is 0.257 e. The third-order valence-electron chi connectivity index (χ3n) is 13.1. The standard InChI is InChI=1S/C59H82N2O6/c1-15-17-22-64-52-38-24-42-32-48(58(9,10)11)34-44-26-40-30-47(57(6,7)8)31-41(53(40)65-23-18-16-2)27-45-35-49(59(12,13)14)33-43(25-39(52)29-46(28-38)56(3,4)5)55(45)67-37-51(63)61-21-19-20-60-50(62)36-66-54(42)44/h28-35H,15-27,36-37H2,1-14H3,(H,60,62)(H,61,63). The topological polar surface area (TPSA) is 95.1 Å². The zero-order chi connectivity index (χ0) is 48.9. The summed E-state index contributed by atoms with van der Waals surface area (Å²) in [7, 11) is 0. The van der Waals surface area contributed by atoms with Crippen molar-refractivity contribution < 1.29 is 28.5 Å². The van der Waals surface area contributed by atoms with Gasteiger partial charge in [0.15, 0.2) is 13.2 Å². The first-order valence-electron chi connectivity index (χ1n) is 25.2. The Morgan fingerprint density at radius 1 is 0.448 bits per heavy atom. The van der Waals surface area contributed by atoms with Gasteiger partial charge in [-0.1, -0.05) is 158 Å². The molecule has 2 aliphatic rings. The average molecular weight is 915 g/mol. The Balaban J connectivity index is 1.82. The van der Waals surface area contributed by atoms with Crippen molar-refractivity contribution in [1.82, 2.24) is 10.6 Å². The van der Waals surface area contributed by atoms with E-state index in [0.29, 0.717) is 58.4 Å². The molecular weight excluding hydrogens is 833 g/mol. The van der Waals surface area contributed by atoms with Crippen LogP contribution in [0.5, 0.6) is 23.0 Å². The Morgan fingerprint density at radius 3 is 0.970 bits per heavy atom. The molecule has 1 aliphatic carbocycles. The second-order valence-corrected chi connectivity index (χ2v) is 23.2. The van der Waals surface area contributed by atoms with Crippen LogP contribution in [0, 0.1) is 0 Å². The van der Waals surface area contributed by atoms with E-state index < -0.39 is 0 Å². The molecule has 2 N–H and O–H groups in total. The van der Waals surface area contributed by atoms with Crippen LogP contribution in [0.25, 0.3) is 0 Å². The molecule has 0 fully saturated rings. The fourth-order valence-corrected chi connectivity index (χ4v) is 8.92. The largest absolute Gasteiger partial charge is 0.493 e. The van der Waals surface area contributed by atoms with E-state index in [4.69, 9.17) is 18.9 Å². The lowest BCUT2D eigenvalue weighted by Crippen LogP contribution is -2.34. The monoisotopic (exact) mass is 915 g/mol. The van der Waals surface area contributed by atoms with Gasteiger partial charge >= 0.3 is 0 Å². The van der Waals surface area contributed by atoms with E-state index in [1.54, 1.807) is 0 Å². The van der Waals surface area contributed by atoms with Crippen molar-refractivity contribution in [3.63, 3.8) is 0 Å². The number of amides is 2. The van der Waals surface area contributed by atoms with E-state index in [1.165, 1.54) is 22.3 Å². The minimum Gasteiger partial charge on any atom is -0.493 e. The molecule has 4 aromatic rings. The minimum atomic E-state index is -0.213. The second kappa shape index (κ2) is 21.1. The van der Waals surface area contributed by atoms with Gasteiger partial charge in [0.1, 0.15) is 23.0 Å². The summed E-state index contributed by atoms with van der Waals surface area (Å²) in [4.78, 5) is 27.3. The van der Waals surface area contributed by atoms with Gasteiger partial charge < -0.3 is 29.6 Å². The normalized spacial score (nSPS) is 15.4. The molecule has 0 unspecified atom stereocenters. The Labute approximate surface area is 403 Å². The van der Waals surface area contributed by atoms with Gasteiger partial charge in [-0.05, 0) is 108 Å². The maximum absolute atomic E-state index is 13.7. The van der Waals surface area contributed by atoms with Crippen molar-refractivity contribution in [1.29, 1.82) is 0 Å². The Morgan fingerprint density at radius 2 is 0.716 bits per heavy atom. The van der Waals surface area contributed by atoms with Crippen LogP contribution >= 0.6 is 0 Å². The van der Waals surface area contributed by atoms with Gasteiger partial charge in [0.25, 0.3) is 11.8 Å². The smallest absolute Gasteiger partial charge is 0.257 e. The Kier molecular flexibility index (Phi) is 16.2. The van der Waals surface area contributed by atoms with E-state index in [0.717, 1.165) is 93.2 Å². The maximum atomic E-state index is 13.7. The zero-order valence-corrected chi connectivity index (χ0v) is 43.7. The molecule has 10 bridgehead atoms. The van der Waals surface area contributed by atoms with Crippen LogP contribution in [-0.2, 0) is 56.9 Å². The lowest BCUT2D eigenvalue weighted by molar-refractivity contribution is -0.123. The van der Waals surface area contributed by atoms with Gasteiger partial charge in [0, 0.05) is 38.8 Å². The van der Waals surface area contributed by atoms with Gasteiger partial charge in [0.2, 0.25) is 0 Å². The molecule has 0 saturated heterocycles. The summed E-state index contributed by atoms with van der Waals surface area (Å²) >= 11 is 0. The van der Waals surface area contributed by atoms with E-state index in [2.05, 4.69) is 156 Å². The Hall–Kier alpha value is -4.98. The van der Waals surface area contributed by atoms with Gasteiger partial charge in [-0.15, -0.1) is 0 Å². The molecule has 0 atom stereocenters. The van der Waals surface area contributed by atoms with Gasteiger partial charge in [0.05, 0.1) is 13.2 Å². The molecule has 364 valence electrons. The highest BCUT2D eigenvalue weighted by Gasteiger charge is 2.30. The van der Waals surface area contributed by atoms with Crippen LogP contribution in [-0.4, -0.2) is 51.3 Å². The van der Waals surface area contributed by atoms with Crippen LogP contribution in [0.2, 0.25) is 0 Å². The van der Waals surface area contributed by atoms with Crippen LogP contribution in [0.3, 0.4) is 0 Å². The lowest BCUT2D eigenvalue weighted by atomic mass is 9.79. The number of hydrogen-bond acceptors (Lipinski definition) is 6. The quantitative estimate of drug-likeness (QED) is 0.151. The predicted octanol–water partition coefficient (Wildman–Crippen LogP) is 12.3. The van der Waals surface area contributed by atoms with Crippen molar-refractivity contribution in [2.24, 2.45) is 0 Å². The van der Waals surface area contributed by atoms with E-state index >= 15 is 0 Å². The molecule has 1 aliphatic heterocycles. The summed E-state index contributed by atoms with van der Waals surface area (Å²) in [5, 5.41) is 6.09. The summed E-state index contributed by atoms with van der Waals surface area (Å²) in [6, 6.07) is 18.5. The molecule has 1 heterocycles. The molecule has 8 nitrogen and oxygen atoms in total. The van der Waals surface area contributed by atoms with Gasteiger partial charge in [-0.25, -0.2) is 0 Å². The molecule has 6 rings (SSSR count). The molecule has 0 spiro atoms. The molecule has 0 saturated carbocycles. The fourth-order valence-electron chi connectivity index (χ4n) is 8.92. The van der Waals surface area contributed by atoms with Crippen LogP contribution in [0.15, 0.2) is 48.5 Å². The molecule has 0 radical (unpaired) electrons. The Bertz CT molecular complexity index is 2140. The second-order valence-electron chi connectivity index (χ2n) is 23.2. The highest BCUT2D eigenvalue weighted by Crippen LogP contribution is 2.44. The number of carbonyl (C=O) groups excluding carboxylic acids is 2. The lowest BCUT2D eigenvalue weighted by Gasteiger charge is -2.29. The third-order valence-corrected chi connectivity index (χ3v) is 13.1. The number of hydrogen-bond donors (Lipinski definition) is 2. The minimum absolute atomic E-state index is 0.150. The number of unbranched alkanes of at least 4 members (excludes halogenated alkanes) is 2.